The number of halogens is 2. The number of methoxy groups -OCH3 is 1. The Morgan fingerprint density at radius 2 is 2.16 bits per heavy atom. The van der Waals surface area contributed by atoms with Crippen LogP contribution in [0.15, 0.2) is 30.7 Å². The lowest BCUT2D eigenvalue weighted by molar-refractivity contribution is 0.0601. The number of carbonyl (C=O) groups excluding carboxylic acids is 1. The molecule has 5 nitrogen and oxygen atoms in total. The van der Waals surface area contributed by atoms with Crippen LogP contribution in [-0.4, -0.2) is 23.0 Å². The van der Waals surface area contributed by atoms with E-state index in [1.165, 1.54) is 19.6 Å². The smallest absolute Gasteiger partial charge is 0.343 e. The van der Waals surface area contributed by atoms with E-state index < -0.39 is 5.97 Å². The highest BCUT2D eigenvalue weighted by Crippen LogP contribution is 2.31. The van der Waals surface area contributed by atoms with E-state index in [0.717, 1.165) is 0 Å². The summed E-state index contributed by atoms with van der Waals surface area (Å²) < 4.78 is 4.65. The molecule has 0 aliphatic rings. The first-order chi connectivity index (χ1) is 9.13. The quantitative estimate of drug-likeness (QED) is 0.881. The first kappa shape index (κ1) is 13.6. The van der Waals surface area contributed by atoms with Crippen molar-refractivity contribution in [2.24, 2.45) is 0 Å². The molecule has 1 aromatic heterocycles. The standard InChI is InChI=1S/C12H9Cl2N3O2/c1-19-12(18)7-5-15-6-16-11(7)17-9-4-2-3-8(13)10(9)14/h2-6H,1H3,(H,15,16,17). The van der Waals surface area contributed by atoms with Gasteiger partial charge in [-0.15, -0.1) is 0 Å². The third-order valence-electron chi connectivity index (χ3n) is 2.32. The second-order valence-electron chi connectivity index (χ2n) is 3.50. The van der Waals surface area contributed by atoms with Gasteiger partial charge in [0.05, 0.1) is 22.8 Å². The number of benzene rings is 1. The van der Waals surface area contributed by atoms with Crippen molar-refractivity contribution in [3.8, 4) is 0 Å². The average Bonchev–Trinajstić information content (AvgIpc) is 2.43. The number of hydrogen-bond donors (Lipinski definition) is 1. The van der Waals surface area contributed by atoms with Gasteiger partial charge < -0.3 is 10.1 Å². The van der Waals surface area contributed by atoms with Gasteiger partial charge in [-0.2, -0.15) is 0 Å². The Bertz CT molecular complexity index is 620. The number of carbonyl (C=O) groups is 1. The summed E-state index contributed by atoms with van der Waals surface area (Å²) in [5, 5.41) is 3.68. The van der Waals surface area contributed by atoms with Crippen molar-refractivity contribution in [3.05, 3.63) is 46.3 Å². The van der Waals surface area contributed by atoms with Crippen molar-refractivity contribution in [2.45, 2.75) is 0 Å². The fraction of sp³-hybridized carbons (Fsp3) is 0.0833. The molecule has 0 bridgehead atoms. The van der Waals surface area contributed by atoms with E-state index in [4.69, 9.17) is 23.2 Å². The molecule has 0 spiro atoms. The fourth-order valence-corrected chi connectivity index (χ4v) is 1.76. The van der Waals surface area contributed by atoms with Gasteiger partial charge in [-0.05, 0) is 12.1 Å². The summed E-state index contributed by atoms with van der Waals surface area (Å²) >= 11 is 12.0. The second kappa shape index (κ2) is 5.86. The number of nitrogens with zero attached hydrogens (tertiary/aromatic N) is 2. The van der Waals surface area contributed by atoms with E-state index in [-0.39, 0.29) is 5.56 Å². The van der Waals surface area contributed by atoms with Crippen molar-refractivity contribution >= 4 is 40.7 Å². The SMILES string of the molecule is COC(=O)c1cncnc1Nc1cccc(Cl)c1Cl. The molecule has 0 atom stereocenters. The minimum absolute atomic E-state index is 0.209. The van der Waals surface area contributed by atoms with Gasteiger partial charge in [-0.3, -0.25) is 0 Å². The van der Waals surface area contributed by atoms with Crippen LogP contribution >= 0.6 is 23.2 Å². The predicted molar refractivity (Wildman–Crippen MR) is 73.1 cm³/mol. The normalized spacial score (nSPS) is 10.1. The summed E-state index contributed by atoms with van der Waals surface area (Å²) in [4.78, 5) is 19.3. The van der Waals surface area contributed by atoms with E-state index >= 15 is 0 Å². The largest absolute Gasteiger partial charge is 0.465 e. The maximum atomic E-state index is 11.6. The molecule has 1 heterocycles. The molecule has 0 aliphatic carbocycles. The van der Waals surface area contributed by atoms with Gasteiger partial charge in [0.2, 0.25) is 0 Å². The van der Waals surface area contributed by atoms with E-state index in [1.807, 2.05) is 0 Å². The van der Waals surface area contributed by atoms with Crippen LogP contribution in [0.3, 0.4) is 0 Å². The maximum absolute atomic E-state index is 11.6. The van der Waals surface area contributed by atoms with Crippen LogP contribution < -0.4 is 5.32 Å². The lowest BCUT2D eigenvalue weighted by Crippen LogP contribution is -2.08. The third-order valence-corrected chi connectivity index (χ3v) is 3.14. The number of aromatic nitrogens is 2. The van der Waals surface area contributed by atoms with Crippen molar-refractivity contribution in [2.75, 3.05) is 12.4 Å². The number of esters is 1. The first-order valence-corrected chi connectivity index (χ1v) is 5.98. The average molecular weight is 298 g/mol. The van der Waals surface area contributed by atoms with Crippen LogP contribution in [0.2, 0.25) is 10.0 Å². The molecular formula is C12H9Cl2N3O2. The lowest BCUT2D eigenvalue weighted by Gasteiger charge is -2.10. The van der Waals surface area contributed by atoms with Gasteiger partial charge in [-0.1, -0.05) is 29.3 Å². The van der Waals surface area contributed by atoms with E-state index in [1.54, 1.807) is 18.2 Å². The highest BCUT2D eigenvalue weighted by atomic mass is 35.5. The molecule has 2 aromatic rings. The lowest BCUT2D eigenvalue weighted by atomic mass is 10.2. The summed E-state index contributed by atoms with van der Waals surface area (Å²) in [7, 11) is 1.28. The minimum atomic E-state index is -0.541. The van der Waals surface area contributed by atoms with Crippen molar-refractivity contribution < 1.29 is 9.53 Å². The molecule has 0 unspecified atom stereocenters. The third kappa shape index (κ3) is 2.94. The van der Waals surface area contributed by atoms with Crippen LogP contribution in [0.1, 0.15) is 10.4 Å². The zero-order valence-electron chi connectivity index (χ0n) is 9.85. The monoisotopic (exact) mass is 297 g/mol. The maximum Gasteiger partial charge on any atom is 0.343 e. The molecule has 0 radical (unpaired) electrons. The summed E-state index contributed by atoms with van der Waals surface area (Å²) in [6.07, 6.45) is 2.67. The summed E-state index contributed by atoms with van der Waals surface area (Å²) in [5.74, 6) is -0.243. The number of ether oxygens (including phenoxy) is 1. The molecule has 98 valence electrons. The van der Waals surface area contributed by atoms with Gasteiger partial charge in [0.1, 0.15) is 17.7 Å². The summed E-state index contributed by atoms with van der Waals surface area (Å²) in [6.45, 7) is 0. The molecule has 0 aliphatic heterocycles. The van der Waals surface area contributed by atoms with Crippen LogP contribution in [0.5, 0.6) is 0 Å². The number of hydrogen-bond acceptors (Lipinski definition) is 5. The number of nitrogens with one attached hydrogen (secondary N) is 1. The molecule has 0 saturated carbocycles. The highest BCUT2D eigenvalue weighted by Gasteiger charge is 2.14. The van der Waals surface area contributed by atoms with Crippen molar-refractivity contribution in [1.82, 2.24) is 9.97 Å². The molecule has 7 heteroatoms. The molecule has 2 rings (SSSR count). The zero-order valence-corrected chi connectivity index (χ0v) is 11.4. The molecular weight excluding hydrogens is 289 g/mol. The molecule has 19 heavy (non-hydrogen) atoms. The van der Waals surface area contributed by atoms with Gasteiger partial charge in [0.25, 0.3) is 0 Å². The van der Waals surface area contributed by atoms with Crippen LogP contribution in [0, 0.1) is 0 Å². The molecule has 1 aromatic carbocycles. The topological polar surface area (TPSA) is 64.1 Å². The van der Waals surface area contributed by atoms with Gasteiger partial charge in [0.15, 0.2) is 0 Å². The predicted octanol–water partition coefficient (Wildman–Crippen LogP) is 3.31. The highest BCUT2D eigenvalue weighted by molar-refractivity contribution is 6.43. The summed E-state index contributed by atoms with van der Waals surface area (Å²) in [6, 6.07) is 5.11. The Hall–Kier alpha value is -1.85. The molecule has 0 fully saturated rings. The van der Waals surface area contributed by atoms with Gasteiger partial charge in [0, 0.05) is 6.20 Å². The van der Waals surface area contributed by atoms with E-state index in [2.05, 4.69) is 20.0 Å². The van der Waals surface area contributed by atoms with Gasteiger partial charge >= 0.3 is 5.97 Å². The fourth-order valence-electron chi connectivity index (χ4n) is 1.42. The Morgan fingerprint density at radius 1 is 1.37 bits per heavy atom. The second-order valence-corrected chi connectivity index (χ2v) is 4.29. The molecule has 0 saturated heterocycles. The van der Waals surface area contributed by atoms with E-state index in [9.17, 15) is 4.79 Å². The number of anilines is 2. The van der Waals surface area contributed by atoms with Crippen LogP contribution in [0.25, 0.3) is 0 Å². The zero-order chi connectivity index (χ0) is 13.8. The summed E-state index contributed by atoms with van der Waals surface area (Å²) in [5.41, 5.74) is 0.749. The Balaban J connectivity index is 2.39. The number of rotatable bonds is 3. The van der Waals surface area contributed by atoms with Crippen LogP contribution in [-0.2, 0) is 4.74 Å². The van der Waals surface area contributed by atoms with Crippen molar-refractivity contribution in [1.29, 1.82) is 0 Å². The van der Waals surface area contributed by atoms with Crippen LogP contribution in [0.4, 0.5) is 11.5 Å². The van der Waals surface area contributed by atoms with Crippen molar-refractivity contribution in [3.63, 3.8) is 0 Å². The minimum Gasteiger partial charge on any atom is -0.465 e. The van der Waals surface area contributed by atoms with E-state index in [0.29, 0.717) is 21.6 Å². The Kier molecular flexibility index (Phi) is 4.19. The van der Waals surface area contributed by atoms with Gasteiger partial charge in [-0.25, -0.2) is 14.8 Å². The Labute approximate surface area is 119 Å². The Morgan fingerprint density at radius 3 is 2.89 bits per heavy atom. The first-order valence-electron chi connectivity index (χ1n) is 5.23. The molecule has 0 amide bonds. The molecule has 1 N–H and O–H groups in total.